The molecular formula is C18H16O3. The molecule has 0 saturated carbocycles. The van der Waals surface area contributed by atoms with Crippen molar-refractivity contribution in [3.8, 4) is 11.5 Å². The lowest BCUT2D eigenvalue weighted by Crippen LogP contribution is -2.19. The topological polar surface area (TPSA) is 35.5 Å². The van der Waals surface area contributed by atoms with Crippen molar-refractivity contribution in [2.24, 2.45) is 0 Å². The first-order valence-corrected chi connectivity index (χ1v) is 6.80. The number of aryl methyl sites for hydroxylation is 1. The van der Waals surface area contributed by atoms with E-state index in [2.05, 4.69) is 0 Å². The van der Waals surface area contributed by atoms with E-state index in [4.69, 9.17) is 9.47 Å². The van der Waals surface area contributed by atoms with Gasteiger partial charge in [-0.1, -0.05) is 29.8 Å². The Morgan fingerprint density at radius 1 is 1.19 bits per heavy atom. The fourth-order valence-electron chi connectivity index (χ4n) is 2.40. The molecule has 0 bridgehead atoms. The van der Waals surface area contributed by atoms with Gasteiger partial charge >= 0.3 is 0 Å². The number of Topliss-reactive ketones (excluding diaryl/α,β-unsaturated/α-hetero) is 1. The molecule has 3 rings (SSSR count). The molecule has 0 spiro atoms. The Hall–Kier alpha value is -2.55. The zero-order chi connectivity index (χ0) is 14.8. The molecule has 1 heterocycles. The highest BCUT2D eigenvalue weighted by Crippen LogP contribution is 2.31. The van der Waals surface area contributed by atoms with Crippen molar-refractivity contribution in [3.63, 3.8) is 0 Å². The van der Waals surface area contributed by atoms with Crippen LogP contribution in [0.1, 0.15) is 21.5 Å². The summed E-state index contributed by atoms with van der Waals surface area (Å²) in [5.74, 6) is 1.27. The van der Waals surface area contributed by atoms with Crippen LogP contribution >= 0.6 is 0 Å². The van der Waals surface area contributed by atoms with Crippen LogP contribution in [0.5, 0.6) is 11.5 Å². The molecule has 0 amide bonds. The summed E-state index contributed by atoms with van der Waals surface area (Å²) in [6.07, 6.45) is 1.89. The van der Waals surface area contributed by atoms with E-state index in [1.165, 1.54) is 0 Å². The number of hydrogen-bond acceptors (Lipinski definition) is 3. The van der Waals surface area contributed by atoms with E-state index < -0.39 is 0 Å². The Kier molecular flexibility index (Phi) is 3.48. The minimum absolute atomic E-state index is 0.00310. The summed E-state index contributed by atoms with van der Waals surface area (Å²) in [6.45, 7) is 2.33. The summed E-state index contributed by atoms with van der Waals surface area (Å²) >= 11 is 0. The third-order valence-corrected chi connectivity index (χ3v) is 3.49. The Balaban J connectivity index is 1.98. The summed E-state index contributed by atoms with van der Waals surface area (Å²) in [5, 5.41) is 0. The number of benzene rings is 2. The van der Waals surface area contributed by atoms with Crippen LogP contribution in [0.2, 0.25) is 0 Å². The lowest BCUT2D eigenvalue weighted by atomic mass is 9.98. The molecule has 2 aromatic carbocycles. The molecule has 0 atom stereocenters. The van der Waals surface area contributed by atoms with Gasteiger partial charge in [-0.05, 0) is 36.8 Å². The first-order valence-electron chi connectivity index (χ1n) is 6.80. The maximum atomic E-state index is 12.6. The number of fused-ring (bicyclic) bond motifs is 1. The molecule has 0 fully saturated rings. The van der Waals surface area contributed by atoms with Crippen LogP contribution in [0.3, 0.4) is 0 Å². The fourth-order valence-corrected chi connectivity index (χ4v) is 2.40. The van der Waals surface area contributed by atoms with Gasteiger partial charge in [0, 0.05) is 5.57 Å². The number of hydrogen-bond donors (Lipinski definition) is 0. The first-order chi connectivity index (χ1) is 10.2. The van der Waals surface area contributed by atoms with Crippen LogP contribution in [0.25, 0.3) is 6.08 Å². The smallest absolute Gasteiger partial charge is 0.196 e. The van der Waals surface area contributed by atoms with Gasteiger partial charge in [0.05, 0.1) is 12.7 Å². The predicted octanol–water partition coefficient (Wildman–Crippen LogP) is 3.66. The van der Waals surface area contributed by atoms with Gasteiger partial charge in [0.2, 0.25) is 0 Å². The molecule has 21 heavy (non-hydrogen) atoms. The van der Waals surface area contributed by atoms with Crippen LogP contribution in [0, 0.1) is 6.92 Å². The molecular weight excluding hydrogens is 264 g/mol. The number of methoxy groups -OCH3 is 1. The second kappa shape index (κ2) is 5.44. The van der Waals surface area contributed by atoms with Gasteiger partial charge in [-0.15, -0.1) is 0 Å². The van der Waals surface area contributed by atoms with E-state index in [1.54, 1.807) is 25.3 Å². The van der Waals surface area contributed by atoms with E-state index in [-0.39, 0.29) is 5.78 Å². The van der Waals surface area contributed by atoms with Crippen molar-refractivity contribution in [1.82, 2.24) is 0 Å². The van der Waals surface area contributed by atoms with E-state index in [1.807, 2.05) is 37.3 Å². The number of rotatable bonds is 2. The zero-order valence-corrected chi connectivity index (χ0v) is 12.1. The monoisotopic (exact) mass is 280 g/mol. The van der Waals surface area contributed by atoms with Gasteiger partial charge in [0.15, 0.2) is 5.78 Å². The Morgan fingerprint density at radius 3 is 2.81 bits per heavy atom. The van der Waals surface area contributed by atoms with Crippen molar-refractivity contribution < 1.29 is 14.3 Å². The molecule has 1 aliphatic rings. The highest BCUT2D eigenvalue weighted by molar-refractivity contribution is 6.14. The SMILES string of the molecule is COc1ccc2c(c1)C(=O)/C(=C/c1cccc(C)c1)CO2. The van der Waals surface area contributed by atoms with Crippen molar-refractivity contribution in [3.05, 3.63) is 64.7 Å². The van der Waals surface area contributed by atoms with Crippen LogP contribution in [0.4, 0.5) is 0 Å². The maximum Gasteiger partial charge on any atom is 0.196 e. The normalized spacial score (nSPS) is 15.5. The molecule has 0 saturated heterocycles. The summed E-state index contributed by atoms with van der Waals surface area (Å²) < 4.78 is 10.8. The molecule has 0 N–H and O–H groups in total. The standard InChI is InChI=1S/C18H16O3/c1-12-4-3-5-13(8-12)9-14-11-21-17-7-6-15(20-2)10-16(17)18(14)19/h3-10H,11H2,1-2H3/b14-9+. The quantitative estimate of drug-likeness (QED) is 0.787. The summed E-state index contributed by atoms with van der Waals surface area (Å²) in [4.78, 5) is 12.6. The van der Waals surface area contributed by atoms with E-state index in [0.29, 0.717) is 29.2 Å². The highest BCUT2D eigenvalue weighted by atomic mass is 16.5. The Labute approximate surface area is 123 Å². The van der Waals surface area contributed by atoms with Gasteiger partial charge in [-0.3, -0.25) is 4.79 Å². The Bertz CT molecular complexity index is 729. The minimum Gasteiger partial charge on any atom is -0.497 e. The second-order valence-corrected chi connectivity index (χ2v) is 5.06. The van der Waals surface area contributed by atoms with E-state index >= 15 is 0 Å². The lowest BCUT2D eigenvalue weighted by molar-refractivity contribution is 0.100. The highest BCUT2D eigenvalue weighted by Gasteiger charge is 2.23. The van der Waals surface area contributed by atoms with Crippen molar-refractivity contribution in [2.75, 3.05) is 13.7 Å². The third-order valence-electron chi connectivity index (χ3n) is 3.49. The number of carbonyl (C=O) groups is 1. The molecule has 2 aromatic rings. The van der Waals surface area contributed by atoms with Crippen LogP contribution in [-0.4, -0.2) is 19.5 Å². The van der Waals surface area contributed by atoms with Gasteiger partial charge in [-0.25, -0.2) is 0 Å². The predicted molar refractivity (Wildman–Crippen MR) is 82.0 cm³/mol. The first kappa shape index (κ1) is 13.4. The zero-order valence-electron chi connectivity index (χ0n) is 12.1. The average molecular weight is 280 g/mol. The maximum absolute atomic E-state index is 12.6. The van der Waals surface area contributed by atoms with E-state index in [9.17, 15) is 4.79 Å². The molecule has 3 heteroatoms. The van der Waals surface area contributed by atoms with Crippen LogP contribution < -0.4 is 9.47 Å². The fraction of sp³-hybridized carbons (Fsp3) is 0.167. The van der Waals surface area contributed by atoms with E-state index in [0.717, 1.165) is 11.1 Å². The van der Waals surface area contributed by atoms with Gasteiger partial charge in [0.25, 0.3) is 0 Å². The van der Waals surface area contributed by atoms with Gasteiger partial charge < -0.3 is 9.47 Å². The number of ketones is 1. The number of carbonyl (C=O) groups excluding carboxylic acids is 1. The number of ether oxygens (including phenoxy) is 2. The largest absolute Gasteiger partial charge is 0.497 e. The van der Waals surface area contributed by atoms with Crippen molar-refractivity contribution >= 4 is 11.9 Å². The summed E-state index contributed by atoms with van der Waals surface area (Å²) in [6, 6.07) is 13.3. The Morgan fingerprint density at radius 2 is 2.05 bits per heavy atom. The lowest BCUT2D eigenvalue weighted by Gasteiger charge is -2.19. The summed E-state index contributed by atoms with van der Waals surface area (Å²) in [7, 11) is 1.58. The minimum atomic E-state index is -0.00310. The van der Waals surface area contributed by atoms with Crippen molar-refractivity contribution in [2.45, 2.75) is 6.92 Å². The molecule has 3 nitrogen and oxygen atoms in total. The van der Waals surface area contributed by atoms with Crippen LogP contribution in [0.15, 0.2) is 48.0 Å². The molecule has 0 aliphatic carbocycles. The second-order valence-electron chi connectivity index (χ2n) is 5.06. The van der Waals surface area contributed by atoms with Gasteiger partial charge in [-0.2, -0.15) is 0 Å². The molecule has 0 radical (unpaired) electrons. The van der Waals surface area contributed by atoms with Gasteiger partial charge in [0.1, 0.15) is 18.1 Å². The third kappa shape index (κ3) is 2.68. The summed E-state index contributed by atoms with van der Waals surface area (Å²) in [5.41, 5.74) is 3.38. The van der Waals surface area contributed by atoms with Crippen LogP contribution in [-0.2, 0) is 0 Å². The molecule has 0 aromatic heterocycles. The molecule has 1 aliphatic heterocycles. The molecule has 0 unspecified atom stereocenters. The molecule has 106 valence electrons. The van der Waals surface area contributed by atoms with Crippen molar-refractivity contribution in [1.29, 1.82) is 0 Å². The average Bonchev–Trinajstić information content (AvgIpc) is 2.50.